The highest BCUT2D eigenvalue weighted by Crippen LogP contribution is 2.33. The number of carboxylic acid groups (broad SMARTS) is 1. The zero-order valence-corrected chi connectivity index (χ0v) is 12.9. The Morgan fingerprint density at radius 3 is 2.67 bits per heavy atom. The van der Waals surface area contributed by atoms with E-state index in [9.17, 15) is 14.7 Å². The standard InChI is InChI=1S/C13H10BrClN2O4/c14-12-8-3-6(4-15)1-2-7(8)11(20)10(17-12)13(21)16-5-9(18)19/h1-3,20H,4-5H2,(H,16,21)(H,18,19). The highest BCUT2D eigenvalue weighted by atomic mass is 79.9. The lowest BCUT2D eigenvalue weighted by Gasteiger charge is -2.09. The monoisotopic (exact) mass is 372 g/mol. The Kier molecular flexibility index (Phi) is 4.64. The summed E-state index contributed by atoms with van der Waals surface area (Å²) >= 11 is 8.99. The predicted octanol–water partition coefficient (Wildman–Crippen LogP) is 2.26. The maximum absolute atomic E-state index is 11.9. The average Bonchev–Trinajstić information content (AvgIpc) is 2.47. The van der Waals surface area contributed by atoms with E-state index in [0.29, 0.717) is 21.3 Å². The molecule has 1 aromatic heterocycles. The molecule has 110 valence electrons. The van der Waals surface area contributed by atoms with Gasteiger partial charge in [0.2, 0.25) is 0 Å². The summed E-state index contributed by atoms with van der Waals surface area (Å²) in [4.78, 5) is 26.3. The minimum Gasteiger partial charge on any atom is -0.505 e. The molecule has 1 amide bonds. The molecule has 2 aromatic rings. The van der Waals surface area contributed by atoms with Crippen molar-refractivity contribution < 1.29 is 19.8 Å². The van der Waals surface area contributed by atoms with E-state index in [4.69, 9.17) is 16.7 Å². The number of benzene rings is 1. The topological polar surface area (TPSA) is 99.5 Å². The number of carbonyl (C=O) groups is 2. The van der Waals surface area contributed by atoms with Crippen molar-refractivity contribution in [1.29, 1.82) is 0 Å². The first-order valence-electron chi connectivity index (χ1n) is 5.81. The van der Waals surface area contributed by atoms with Crippen LogP contribution in [-0.2, 0) is 10.7 Å². The van der Waals surface area contributed by atoms with E-state index in [-0.39, 0.29) is 11.4 Å². The molecule has 2 rings (SSSR count). The van der Waals surface area contributed by atoms with E-state index in [1.54, 1.807) is 18.2 Å². The Bertz CT molecular complexity index is 736. The van der Waals surface area contributed by atoms with Gasteiger partial charge in [-0.1, -0.05) is 12.1 Å². The van der Waals surface area contributed by atoms with Crippen LogP contribution in [0.2, 0.25) is 0 Å². The van der Waals surface area contributed by atoms with Crippen molar-refractivity contribution in [1.82, 2.24) is 10.3 Å². The van der Waals surface area contributed by atoms with Crippen LogP contribution in [0, 0.1) is 0 Å². The van der Waals surface area contributed by atoms with E-state index in [2.05, 4.69) is 26.2 Å². The van der Waals surface area contributed by atoms with Crippen LogP contribution in [0.5, 0.6) is 5.75 Å². The Hall–Kier alpha value is -1.86. The van der Waals surface area contributed by atoms with Gasteiger partial charge in [-0.15, -0.1) is 11.6 Å². The Balaban J connectivity index is 2.50. The fraction of sp³-hybridized carbons (Fsp3) is 0.154. The van der Waals surface area contributed by atoms with Crippen LogP contribution in [0.3, 0.4) is 0 Å². The summed E-state index contributed by atoms with van der Waals surface area (Å²) < 4.78 is 0.364. The minimum absolute atomic E-state index is 0.241. The largest absolute Gasteiger partial charge is 0.505 e. The van der Waals surface area contributed by atoms with Crippen molar-refractivity contribution in [3.05, 3.63) is 34.1 Å². The number of alkyl halides is 1. The number of fused-ring (bicyclic) bond motifs is 1. The molecule has 0 aliphatic rings. The highest BCUT2D eigenvalue weighted by Gasteiger charge is 2.19. The number of pyridine rings is 1. The van der Waals surface area contributed by atoms with Crippen LogP contribution >= 0.6 is 27.5 Å². The molecule has 0 aliphatic carbocycles. The van der Waals surface area contributed by atoms with Crippen molar-refractivity contribution in [3.8, 4) is 5.75 Å². The Morgan fingerprint density at radius 2 is 2.05 bits per heavy atom. The first-order chi connectivity index (χ1) is 9.93. The SMILES string of the molecule is O=C(O)CNC(=O)c1nc(Br)c2cc(CCl)ccc2c1O. The fourth-order valence-electron chi connectivity index (χ4n) is 1.79. The maximum atomic E-state index is 11.9. The van der Waals surface area contributed by atoms with E-state index in [1.807, 2.05) is 0 Å². The number of aromatic hydroxyl groups is 1. The summed E-state index contributed by atoms with van der Waals surface area (Å²) in [5.41, 5.74) is 0.600. The number of carboxylic acids is 1. The molecular weight excluding hydrogens is 364 g/mol. The summed E-state index contributed by atoms with van der Waals surface area (Å²) in [6.07, 6.45) is 0. The van der Waals surface area contributed by atoms with Crippen LogP contribution in [0.4, 0.5) is 0 Å². The maximum Gasteiger partial charge on any atom is 0.322 e. The molecule has 0 aliphatic heterocycles. The van der Waals surface area contributed by atoms with Gasteiger partial charge in [-0.05, 0) is 27.6 Å². The van der Waals surface area contributed by atoms with Gasteiger partial charge in [-0.25, -0.2) is 4.98 Å². The first-order valence-corrected chi connectivity index (χ1v) is 7.14. The molecule has 0 unspecified atom stereocenters. The lowest BCUT2D eigenvalue weighted by molar-refractivity contribution is -0.135. The van der Waals surface area contributed by atoms with Crippen molar-refractivity contribution in [2.75, 3.05) is 6.54 Å². The molecule has 6 nitrogen and oxygen atoms in total. The van der Waals surface area contributed by atoms with Gasteiger partial charge in [0.25, 0.3) is 5.91 Å². The molecule has 0 radical (unpaired) electrons. The molecule has 0 spiro atoms. The first kappa shape index (κ1) is 15.5. The second kappa shape index (κ2) is 6.28. The molecule has 1 heterocycles. The number of hydrogen-bond donors (Lipinski definition) is 3. The Labute approximate surface area is 132 Å². The molecule has 0 atom stereocenters. The number of amides is 1. The zero-order chi connectivity index (χ0) is 15.6. The van der Waals surface area contributed by atoms with Gasteiger partial charge in [0.05, 0.1) is 0 Å². The molecule has 8 heteroatoms. The van der Waals surface area contributed by atoms with Crippen molar-refractivity contribution in [3.63, 3.8) is 0 Å². The molecule has 3 N–H and O–H groups in total. The summed E-state index contributed by atoms with van der Waals surface area (Å²) in [5, 5.41) is 21.9. The summed E-state index contributed by atoms with van der Waals surface area (Å²) in [7, 11) is 0. The van der Waals surface area contributed by atoms with Crippen LogP contribution in [0.25, 0.3) is 10.8 Å². The minimum atomic E-state index is -1.19. The van der Waals surface area contributed by atoms with Crippen molar-refractivity contribution in [2.45, 2.75) is 5.88 Å². The smallest absolute Gasteiger partial charge is 0.322 e. The quantitative estimate of drug-likeness (QED) is 0.564. The normalized spacial score (nSPS) is 10.6. The summed E-state index contributed by atoms with van der Waals surface area (Å²) in [6, 6.07) is 5.10. The van der Waals surface area contributed by atoms with Gasteiger partial charge < -0.3 is 15.5 Å². The van der Waals surface area contributed by atoms with Gasteiger partial charge >= 0.3 is 5.97 Å². The van der Waals surface area contributed by atoms with Crippen LogP contribution in [-0.4, -0.2) is 33.6 Å². The third kappa shape index (κ3) is 3.25. The number of nitrogens with one attached hydrogen (secondary N) is 1. The van der Waals surface area contributed by atoms with Gasteiger partial charge in [-0.3, -0.25) is 9.59 Å². The van der Waals surface area contributed by atoms with Gasteiger partial charge in [0, 0.05) is 16.7 Å². The number of hydrogen-bond acceptors (Lipinski definition) is 4. The van der Waals surface area contributed by atoms with E-state index in [1.165, 1.54) is 0 Å². The molecule has 0 fully saturated rings. The van der Waals surface area contributed by atoms with Crippen LogP contribution in [0.15, 0.2) is 22.8 Å². The van der Waals surface area contributed by atoms with Crippen molar-refractivity contribution >= 4 is 50.2 Å². The molecule has 0 saturated carbocycles. The molecule has 0 saturated heterocycles. The van der Waals surface area contributed by atoms with Gasteiger partial charge in [0.1, 0.15) is 11.1 Å². The predicted molar refractivity (Wildman–Crippen MR) is 80.6 cm³/mol. The lowest BCUT2D eigenvalue weighted by Crippen LogP contribution is -2.30. The Morgan fingerprint density at radius 1 is 1.33 bits per heavy atom. The van der Waals surface area contributed by atoms with Gasteiger partial charge in [-0.2, -0.15) is 0 Å². The molecule has 0 bridgehead atoms. The zero-order valence-electron chi connectivity index (χ0n) is 10.6. The molecule has 21 heavy (non-hydrogen) atoms. The van der Waals surface area contributed by atoms with Crippen molar-refractivity contribution in [2.24, 2.45) is 0 Å². The average molecular weight is 374 g/mol. The highest BCUT2D eigenvalue weighted by molar-refractivity contribution is 9.10. The third-order valence-corrected chi connectivity index (χ3v) is 3.68. The number of halogens is 2. The molecule has 1 aromatic carbocycles. The van der Waals surface area contributed by atoms with Gasteiger partial charge in [0.15, 0.2) is 11.4 Å². The number of aliphatic carboxylic acids is 1. The number of rotatable bonds is 4. The fourth-order valence-corrected chi connectivity index (χ4v) is 2.46. The van der Waals surface area contributed by atoms with Crippen LogP contribution < -0.4 is 5.32 Å². The van der Waals surface area contributed by atoms with E-state index in [0.717, 1.165) is 5.56 Å². The number of nitrogens with zero attached hydrogens (tertiary/aromatic N) is 1. The second-order valence-corrected chi connectivity index (χ2v) is 5.21. The third-order valence-electron chi connectivity index (χ3n) is 2.77. The van der Waals surface area contributed by atoms with E-state index < -0.39 is 18.4 Å². The van der Waals surface area contributed by atoms with E-state index >= 15 is 0 Å². The summed E-state index contributed by atoms with van der Waals surface area (Å²) in [5.74, 6) is -1.95. The van der Waals surface area contributed by atoms with Crippen LogP contribution in [0.1, 0.15) is 16.1 Å². The lowest BCUT2D eigenvalue weighted by atomic mass is 10.1. The second-order valence-electron chi connectivity index (χ2n) is 4.19. The number of aromatic nitrogens is 1. The number of carbonyl (C=O) groups excluding carboxylic acids is 1. The summed E-state index contributed by atoms with van der Waals surface area (Å²) in [6.45, 7) is -0.555. The molecular formula is C13H10BrClN2O4.